The average Bonchev–Trinajstić information content (AvgIpc) is 2.16. The minimum absolute atomic E-state index is 0.254. The van der Waals surface area contributed by atoms with Crippen molar-refractivity contribution in [3.8, 4) is 16.2 Å². The van der Waals surface area contributed by atoms with Gasteiger partial charge in [-0.05, 0) is 33.6 Å². The first kappa shape index (κ1) is 13.7. The Kier molecular flexibility index (Phi) is 7.81. The number of rotatable bonds is 6. The smallest absolute Gasteiger partial charge is 0.389 e. The molecule has 0 aromatic heterocycles. The van der Waals surface area contributed by atoms with Gasteiger partial charge in [0.25, 0.3) is 0 Å². The molecule has 0 aromatic rings. The van der Waals surface area contributed by atoms with Crippen LogP contribution in [0.15, 0.2) is 0 Å². The Bertz CT molecular complexity index is 252. The van der Waals surface area contributed by atoms with E-state index in [0.29, 0.717) is 6.54 Å². The molecule has 0 unspecified atom stereocenters. The summed E-state index contributed by atoms with van der Waals surface area (Å²) in [6, 6.07) is 0. The standard InChI is InChI=1S/C5H6N4OS3Si/c6-1-2-10-14(11-3-7,12-4-8)13-5-9/h1-2,6H2. The Labute approximate surface area is 94.6 Å². The van der Waals surface area contributed by atoms with E-state index < -0.39 is 5.77 Å². The first-order chi connectivity index (χ1) is 6.74. The largest absolute Gasteiger partial charge is 0.428 e. The van der Waals surface area contributed by atoms with Crippen LogP contribution in [0.2, 0.25) is 0 Å². The summed E-state index contributed by atoms with van der Waals surface area (Å²) in [7, 11) is 0. The van der Waals surface area contributed by atoms with Gasteiger partial charge in [-0.15, -0.1) is 0 Å². The molecule has 0 aliphatic heterocycles. The van der Waals surface area contributed by atoms with E-state index in [-0.39, 0.29) is 6.61 Å². The molecule has 0 aliphatic rings. The fourth-order valence-corrected chi connectivity index (χ4v) is 7.31. The van der Waals surface area contributed by atoms with Crippen molar-refractivity contribution in [2.75, 3.05) is 13.2 Å². The SMILES string of the molecule is N#CS[Si](OCCN)(SC#N)SC#N. The Hall–Kier alpha value is -0.343. The van der Waals surface area contributed by atoms with Crippen LogP contribution in [0.5, 0.6) is 0 Å². The molecule has 2 N–H and O–H groups in total. The van der Waals surface area contributed by atoms with Crippen molar-refractivity contribution >= 4 is 39.4 Å². The van der Waals surface area contributed by atoms with Crippen molar-refractivity contribution in [2.24, 2.45) is 5.73 Å². The van der Waals surface area contributed by atoms with Crippen LogP contribution in [-0.2, 0) is 4.43 Å². The molecule has 0 aliphatic carbocycles. The van der Waals surface area contributed by atoms with Crippen molar-refractivity contribution in [1.82, 2.24) is 0 Å². The first-order valence-electron chi connectivity index (χ1n) is 3.30. The Morgan fingerprint density at radius 1 is 1.07 bits per heavy atom. The quantitative estimate of drug-likeness (QED) is 0.559. The molecule has 5 nitrogen and oxygen atoms in total. The lowest BCUT2D eigenvalue weighted by atomic mass is 10.8. The lowest BCUT2D eigenvalue weighted by Gasteiger charge is -2.18. The lowest BCUT2D eigenvalue weighted by Crippen LogP contribution is -2.28. The van der Waals surface area contributed by atoms with Crippen LogP contribution >= 0.6 is 33.6 Å². The summed E-state index contributed by atoms with van der Waals surface area (Å²) in [4.78, 5) is 0. The summed E-state index contributed by atoms with van der Waals surface area (Å²) < 4.78 is 5.34. The van der Waals surface area contributed by atoms with Crippen molar-refractivity contribution in [1.29, 1.82) is 15.8 Å². The van der Waals surface area contributed by atoms with Crippen LogP contribution in [0.4, 0.5) is 0 Å². The molecule has 0 atom stereocenters. The van der Waals surface area contributed by atoms with Crippen LogP contribution in [-0.4, -0.2) is 18.9 Å². The average molecular weight is 262 g/mol. The second-order valence-electron chi connectivity index (χ2n) is 1.72. The molecule has 0 heterocycles. The molecule has 0 fully saturated rings. The number of nitrogens with zero attached hydrogens (tertiary/aromatic N) is 3. The van der Waals surface area contributed by atoms with Crippen molar-refractivity contribution < 1.29 is 4.43 Å². The van der Waals surface area contributed by atoms with E-state index >= 15 is 0 Å². The maximum atomic E-state index is 8.55. The molecule has 9 heteroatoms. The highest BCUT2D eigenvalue weighted by Crippen LogP contribution is 2.41. The molecule has 14 heavy (non-hydrogen) atoms. The minimum atomic E-state index is -2.73. The van der Waals surface area contributed by atoms with Gasteiger partial charge in [-0.3, -0.25) is 0 Å². The Balaban J connectivity index is 4.51. The van der Waals surface area contributed by atoms with E-state index in [1.165, 1.54) is 0 Å². The Morgan fingerprint density at radius 2 is 1.50 bits per heavy atom. The number of nitrogens with two attached hydrogens (primary N) is 1. The highest BCUT2D eigenvalue weighted by molar-refractivity contribution is 8.82. The van der Waals surface area contributed by atoms with Gasteiger partial charge >= 0.3 is 5.77 Å². The van der Waals surface area contributed by atoms with E-state index in [2.05, 4.69) is 0 Å². The summed E-state index contributed by atoms with van der Waals surface area (Å²) in [6.45, 7) is 0.559. The molecule has 74 valence electrons. The second-order valence-corrected chi connectivity index (χ2v) is 13.5. The molecule has 0 amide bonds. The van der Waals surface area contributed by atoms with Crippen LogP contribution in [0.1, 0.15) is 0 Å². The molecule has 0 aromatic carbocycles. The maximum Gasteiger partial charge on any atom is 0.428 e. The maximum absolute atomic E-state index is 8.55. The molecule has 0 saturated heterocycles. The minimum Gasteiger partial charge on any atom is -0.389 e. The van der Waals surface area contributed by atoms with Crippen LogP contribution in [0, 0.1) is 32.0 Å². The van der Waals surface area contributed by atoms with Gasteiger partial charge < -0.3 is 10.2 Å². The second kappa shape index (κ2) is 8.01. The third-order valence-electron chi connectivity index (χ3n) is 0.909. The van der Waals surface area contributed by atoms with Gasteiger partial charge in [0.15, 0.2) is 0 Å². The van der Waals surface area contributed by atoms with E-state index in [9.17, 15) is 0 Å². The van der Waals surface area contributed by atoms with E-state index in [4.69, 9.17) is 25.9 Å². The fraction of sp³-hybridized carbons (Fsp3) is 0.400. The number of hydrogen-bond acceptors (Lipinski definition) is 8. The van der Waals surface area contributed by atoms with Gasteiger partial charge in [-0.25, -0.2) is 0 Å². The highest BCUT2D eigenvalue weighted by atomic mass is 32.8. The van der Waals surface area contributed by atoms with Gasteiger partial charge in [0.1, 0.15) is 16.2 Å². The van der Waals surface area contributed by atoms with Crippen molar-refractivity contribution in [3.63, 3.8) is 0 Å². The molecular formula is C5H6N4OS3Si. The molecule has 0 rings (SSSR count). The predicted octanol–water partition coefficient (Wildman–Crippen LogP) is 1.04. The summed E-state index contributed by atoms with van der Waals surface area (Å²) in [5, 5.41) is 31.2. The van der Waals surface area contributed by atoms with Gasteiger partial charge in [0.05, 0.1) is 0 Å². The normalized spacial score (nSPS) is 9.86. The summed E-state index contributed by atoms with van der Waals surface area (Å²) in [5.74, 6) is -2.73. The van der Waals surface area contributed by atoms with Crippen LogP contribution < -0.4 is 5.73 Å². The molecule has 0 saturated carbocycles. The zero-order valence-electron chi connectivity index (χ0n) is 6.97. The highest BCUT2D eigenvalue weighted by Gasteiger charge is 2.41. The zero-order valence-corrected chi connectivity index (χ0v) is 10.4. The Morgan fingerprint density at radius 3 is 1.79 bits per heavy atom. The van der Waals surface area contributed by atoms with Gasteiger partial charge in [-0.2, -0.15) is 15.8 Å². The topological polar surface area (TPSA) is 107 Å². The van der Waals surface area contributed by atoms with Crippen molar-refractivity contribution in [2.45, 2.75) is 0 Å². The van der Waals surface area contributed by atoms with E-state index in [1.807, 2.05) is 16.2 Å². The lowest BCUT2D eigenvalue weighted by molar-refractivity contribution is 0.350. The molecule has 0 spiro atoms. The van der Waals surface area contributed by atoms with Gasteiger partial charge in [0, 0.05) is 13.2 Å². The van der Waals surface area contributed by atoms with Crippen molar-refractivity contribution in [3.05, 3.63) is 0 Å². The third kappa shape index (κ3) is 4.77. The number of nitriles is 3. The predicted molar refractivity (Wildman–Crippen MR) is 60.4 cm³/mol. The number of thiocyanates is 3. The molecule has 0 bridgehead atoms. The third-order valence-corrected chi connectivity index (χ3v) is 11.1. The summed E-state index contributed by atoms with van der Waals surface area (Å²) >= 11 is 2.58. The van der Waals surface area contributed by atoms with Gasteiger partial charge in [-0.1, -0.05) is 0 Å². The monoisotopic (exact) mass is 262 g/mol. The first-order valence-corrected chi connectivity index (χ1v) is 9.83. The van der Waals surface area contributed by atoms with E-state index in [0.717, 1.165) is 33.6 Å². The molecular weight excluding hydrogens is 256 g/mol. The van der Waals surface area contributed by atoms with E-state index in [1.54, 1.807) is 0 Å². The zero-order chi connectivity index (χ0) is 10.9. The number of hydrogen-bond donors (Lipinski definition) is 1. The summed E-state index contributed by atoms with van der Waals surface area (Å²) in [6.07, 6.45) is 0. The van der Waals surface area contributed by atoms with Crippen LogP contribution in [0.25, 0.3) is 0 Å². The van der Waals surface area contributed by atoms with Crippen LogP contribution in [0.3, 0.4) is 0 Å². The van der Waals surface area contributed by atoms with Gasteiger partial charge in [0.2, 0.25) is 0 Å². The molecule has 0 radical (unpaired) electrons. The summed E-state index contributed by atoms with van der Waals surface area (Å²) in [5.41, 5.74) is 5.24. The fourth-order valence-electron chi connectivity index (χ4n) is 0.503.